The minimum Gasteiger partial charge on any atom is -0.360 e. The molecular weight excluding hydrogens is 178 g/mol. The Morgan fingerprint density at radius 3 is 3.07 bits per heavy atom. The first-order valence-electron chi connectivity index (χ1n) is 5.23. The number of hydrogen-bond donors (Lipinski definition) is 2. The van der Waals surface area contributed by atoms with Crippen LogP contribution in [0.4, 0.5) is 0 Å². The summed E-state index contributed by atoms with van der Waals surface area (Å²) in [6.45, 7) is 2.07. The summed E-state index contributed by atoms with van der Waals surface area (Å²) in [6.07, 6.45) is 4.91. The van der Waals surface area contributed by atoms with Gasteiger partial charge >= 0.3 is 0 Å². The van der Waals surface area contributed by atoms with Crippen LogP contribution >= 0.6 is 0 Å². The van der Waals surface area contributed by atoms with E-state index in [2.05, 4.69) is 10.5 Å². The first-order valence-corrected chi connectivity index (χ1v) is 5.23. The number of piperidine rings is 1. The van der Waals surface area contributed by atoms with Gasteiger partial charge in [-0.25, -0.2) is 0 Å². The van der Waals surface area contributed by atoms with Crippen LogP contribution in [0.5, 0.6) is 0 Å². The van der Waals surface area contributed by atoms with Crippen LogP contribution in [0, 0.1) is 0 Å². The van der Waals surface area contributed by atoms with Gasteiger partial charge in [0.25, 0.3) is 0 Å². The highest BCUT2D eigenvalue weighted by atomic mass is 16.5. The van der Waals surface area contributed by atoms with Crippen molar-refractivity contribution in [1.29, 1.82) is 0 Å². The zero-order valence-corrected chi connectivity index (χ0v) is 8.12. The summed E-state index contributed by atoms with van der Waals surface area (Å²) < 4.78 is 5.38. The molecule has 0 amide bonds. The molecule has 3 N–H and O–H groups in total. The van der Waals surface area contributed by atoms with E-state index in [0.29, 0.717) is 0 Å². The van der Waals surface area contributed by atoms with Crippen molar-refractivity contribution < 1.29 is 4.52 Å². The van der Waals surface area contributed by atoms with E-state index < -0.39 is 0 Å². The molecule has 76 valence electrons. The van der Waals surface area contributed by atoms with E-state index in [1.807, 2.05) is 6.20 Å². The second-order valence-electron chi connectivity index (χ2n) is 4.40. The molecular formula is C10H15N3O. The van der Waals surface area contributed by atoms with Gasteiger partial charge in [-0.05, 0) is 32.4 Å². The van der Waals surface area contributed by atoms with Gasteiger partial charge in [-0.15, -0.1) is 0 Å². The lowest BCUT2D eigenvalue weighted by Crippen LogP contribution is -2.49. The second kappa shape index (κ2) is 2.81. The van der Waals surface area contributed by atoms with Crippen molar-refractivity contribution in [3.8, 4) is 0 Å². The summed E-state index contributed by atoms with van der Waals surface area (Å²) in [5.74, 6) is 1.06. The lowest BCUT2D eigenvalue weighted by Gasteiger charge is -2.36. The number of rotatable bonds is 0. The molecule has 1 aliphatic heterocycles. The van der Waals surface area contributed by atoms with Gasteiger partial charge in [0.15, 0.2) is 0 Å². The van der Waals surface area contributed by atoms with E-state index in [9.17, 15) is 0 Å². The zero-order valence-electron chi connectivity index (χ0n) is 8.12. The molecule has 0 unspecified atom stereocenters. The summed E-state index contributed by atoms with van der Waals surface area (Å²) in [4.78, 5) is 0. The number of nitrogens with two attached hydrogens (primary N) is 1. The van der Waals surface area contributed by atoms with Crippen LogP contribution in [0.2, 0.25) is 0 Å². The summed E-state index contributed by atoms with van der Waals surface area (Å²) in [7, 11) is 0. The number of hydrogen-bond acceptors (Lipinski definition) is 4. The molecule has 2 heterocycles. The summed E-state index contributed by atoms with van der Waals surface area (Å²) >= 11 is 0. The second-order valence-corrected chi connectivity index (χ2v) is 4.40. The van der Waals surface area contributed by atoms with Crippen molar-refractivity contribution in [3.63, 3.8) is 0 Å². The topological polar surface area (TPSA) is 64.1 Å². The first-order chi connectivity index (χ1) is 6.83. The predicted molar refractivity (Wildman–Crippen MR) is 52.0 cm³/mol. The number of fused-ring (bicyclic) bond motifs is 2. The molecule has 3 rings (SSSR count). The molecule has 2 aliphatic rings. The van der Waals surface area contributed by atoms with Crippen LogP contribution in [0.15, 0.2) is 10.7 Å². The number of aromatic nitrogens is 1. The average molecular weight is 193 g/mol. The molecule has 1 saturated heterocycles. The van der Waals surface area contributed by atoms with Gasteiger partial charge in [0.1, 0.15) is 5.76 Å². The Hall–Kier alpha value is -0.870. The Kier molecular flexibility index (Phi) is 1.69. The normalized spacial score (nSPS) is 29.4. The van der Waals surface area contributed by atoms with Crippen molar-refractivity contribution in [2.24, 2.45) is 5.73 Å². The molecule has 14 heavy (non-hydrogen) atoms. The summed E-state index contributed by atoms with van der Waals surface area (Å²) in [5, 5.41) is 7.24. The fourth-order valence-corrected chi connectivity index (χ4v) is 2.89. The molecule has 1 atom stereocenters. The zero-order chi connectivity index (χ0) is 9.60. The SMILES string of the molecule is N[C@@H]1Cc2cnoc2C12CCNCC2. The van der Waals surface area contributed by atoms with Crippen LogP contribution in [-0.2, 0) is 11.8 Å². The van der Waals surface area contributed by atoms with Gasteiger partial charge in [0, 0.05) is 17.0 Å². The maximum Gasteiger partial charge on any atom is 0.147 e. The van der Waals surface area contributed by atoms with Gasteiger partial charge < -0.3 is 15.6 Å². The van der Waals surface area contributed by atoms with Crippen molar-refractivity contribution in [2.75, 3.05) is 13.1 Å². The molecule has 1 spiro atoms. The van der Waals surface area contributed by atoms with E-state index in [0.717, 1.165) is 38.1 Å². The van der Waals surface area contributed by atoms with Gasteiger partial charge in [-0.1, -0.05) is 5.16 Å². The number of nitrogens with zero attached hydrogens (tertiary/aromatic N) is 1. The van der Waals surface area contributed by atoms with Crippen LogP contribution in [0.1, 0.15) is 24.2 Å². The Bertz CT molecular complexity index is 341. The van der Waals surface area contributed by atoms with Crippen molar-refractivity contribution in [3.05, 3.63) is 17.5 Å². The third-order valence-electron chi connectivity index (χ3n) is 3.74. The lowest BCUT2D eigenvalue weighted by atomic mass is 9.74. The molecule has 0 saturated carbocycles. The van der Waals surface area contributed by atoms with Crippen LogP contribution in [0.3, 0.4) is 0 Å². The monoisotopic (exact) mass is 193 g/mol. The quantitative estimate of drug-likeness (QED) is 0.617. The molecule has 1 aliphatic carbocycles. The third-order valence-corrected chi connectivity index (χ3v) is 3.74. The fraction of sp³-hybridized carbons (Fsp3) is 0.700. The minimum absolute atomic E-state index is 0.0804. The largest absolute Gasteiger partial charge is 0.360 e. The molecule has 1 aromatic rings. The highest BCUT2D eigenvalue weighted by molar-refractivity contribution is 5.34. The Balaban J connectivity index is 2.05. The van der Waals surface area contributed by atoms with Gasteiger partial charge in [-0.3, -0.25) is 0 Å². The standard InChI is InChI=1S/C10H15N3O/c11-8-5-7-6-13-14-9(7)10(8)1-3-12-4-2-10/h6,8,12H,1-5,11H2/t8-/m1/s1. The van der Waals surface area contributed by atoms with Gasteiger partial charge in [-0.2, -0.15) is 0 Å². The maximum atomic E-state index is 6.22. The molecule has 0 bridgehead atoms. The van der Waals surface area contributed by atoms with Crippen LogP contribution in [-0.4, -0.2) is 24.3 Å². The van der Waals surface area contributed by atoms with E-state index in [1.165, 1.54) is 5.56 Å². The van der Waals surface area contributed by atoms with Crippen molar-refractivity contribution >= 4 is 0 Å². The minimum atomic E-state index is 0.0804. The Morgan fingerprint density at radius 1 is 1.50 bits per heavy atom. The van der Waals surface area contributed by atoms with E-state index >= 15 is 0 Å². The van der Waals surface area contributed by atoms with E-state index in [1.54, 1.807) is 0 Å². The highest BCUT2D eigenvalue weighted by Crippen LogP contribution is 2.44. The molecule has 0 aromatic carbocycles. The molecule has 1 fully saturated rings. The predicted octanol–water partition coefficient (Wildman–Crippen LogP) is 0.179. The first kappa shape index (κ1) is 8.44. The summed E-state index contributed by atoms with van der Waals surface area (Å²) in [6, 6.07) is 0.223. The molecule has 0 radical (unpaired) electrons. The van der Waals surface area contributed by atoms with Crippen molar-refractivity contribution in [2.45, 2.75) is 30.7 Å². The van der Waals surface area contributed by atoms with Gasteiger partial charge in [0.05, 0.1) is 6.20 Å². The highest BCUT2D eigenvalue weighted by Gasteiger charge is 2.48. The van der Waals surface area contributed by atoms with Crippen LogP contribution < -0.4 is 11.1 Å². The van der Waals surface area contributed by atoms with E-state index in [4.69, 9.17) is 10.3 Å². The molecule has 4 nitrogen and oxygen atoms in total. The molecule has 1 aromatic heterocycles. The summed E-state index contributed by atoms with van der Waals surface area (Å²) in [5.41, 5.74) is 7.53. The van der Waals surface area contributed by atoms with Gasteiger partial charge in [0.2, 0.25) is 0 Å². The molecule has 4 heteroatoms. The maximum absolute atomic E-state index is 6.22. The van der Waals surface area contributed by atoms with E-state index in [-0.39, 0.29) is 11.5 Å². The fourth-order valence-electron chi connectivity index (χ4n) is 2.89. The lowest BCUT2D eigenvalue weighted by molar-refractivity contribution is 0.212. The average Bonchev–Trinajstić information content (AvgIpc) is 2.74. The number of nitrogens with one attached hydrogen (secondary N) is 1. The third kappa shape index (κ3) is 0.925. The Labute approximate surface area is 82.8 Å². The van der Waals surface area contributed by atoms with Crippen molar-refractivity contribution in [1.82, 2.24) is 10.5 Å². The smallest absolute Gasteiger partial charge is 0.147 e. The van der Waals surface area contributed by atoms with Crippen LogP contribution in [0.25, 0.3) is 0 Å². The Morgan fingerprint density at radius 2 is 2.29 bits per heavy atom.